The van der Waals surface area contributed by atoms with Gasteiger partial charge in [0, 0.05) is 17.6 Å². The molecule has 30 heavy (non-hydrogen) atoms. The van der Waals surface area contributed by atoms with Gasteiger partial charge in [-0.3, -0.25) is 4.72 Å². The number of anilines is 1. The van der Waals surface area contributed by atoms with Gasteiger partial charge in [0.05, 0.1) is 27.6 Å². The molecule has 0 unspecified atom stereocenters. The third-order valence-electron chi connectivity index (χ3n) is 4.86. The standard InChI is InChI=1S/C21H20F3N3O2S/c1-4-27-19-11-15(21(22,23)24)7-10-17(19)18(12-25)20(27)14-5-8-16(9-6-14)26-30(28,29)13(2)3/h5-11,13,26H,4H2,1-3H3. The Bertz CT molecular complexity index is 1240. The number of benzene rings is 2. The average molecular weight is 435 g/mol. The zero-order valence-corrected chi connectivity index (χ0v) is 17.4. The van der Waals surface area contributed by atoms with Crippen LogP contribution in [-0.4, -0.2) is 18.2 Å². The lowest BCUT2D eigenvalue weighted by Crippen LogP contribution is -2.22. The van der Waals surface area contributed by atoms with Crippen LogP contribution in [0.25, 0.3) is 22.2 Å². The molecule has 9 heteroatoms. The topological polar surface area (TPSA) is 74.9 Å². The van der Waals surface area contributed by atoms with Crippen LogP contribution in [0.5, 0.6) is 0 Å². The molecule has 5 nitrogen and oxygen atoms in total. The number of nitrogens with one attached hydrogen (secondary N) is 1. The molecule has 0 aliphatic carbocycles. The number of aryl methyl sites for hydroxylation is 1. The molecule has 0 fully saturated rings. The number of hydrogen-bond acceptors (Lipinski definition) is 3. The summed E-state index contributed by atoms with van der Waals surface area (Å²) < 4.78 is 67.7. The third kappa shape index (κ3) is 3.87. The lowest BCUT2D eigenvalue weighted by molar-refractivity contribution is -0.137. The number of fused-ring (bicyclic) bond motifs is 1. The summed E-state index contributed by atoms with van der Waals surface area (Å²) in [7, 11) is -3.51. The van der Waals surface area contributed by atoms with E-state index >= 15 is 0 Å². The van der Waals surface area contributed by atoms with E-state index in [0.29, 0.717) is 34.4 Å². The normalized spacial score (nSPS) is 12.3. The highest BCUT2D eigenvalue weighted by Gasteiger charge is 2.31. The molecule has 0 saturated heterocycles. The van der Waals surface area contributed by atoms with E-state index in [9.17, 15) is 26.9 Å². The monoisotopic (exact) mass is 435 g/mol. The Morgan fingerprint density at radius 2 is 1.77 bits per heavy atom. The number of sulfonamides is 1. The first-order chi connectivity index (χ1) is 14.0. The molecule has 158 valence electrons. The zero-order valence-electron chi connectivity index (χ0n) is 16.6. The van der Waals surface area contributed by atoms with Crippen LogP contribution >= 0.6 is 0 Å². The molecule has 3 aromatic rings. The molecule has 0 saturated carbocycles. The lowest BCUT2D eigenvalue weighted by atomic mass is 10.0. The smallest absolute Gasteiger partial charge is 0.340 e. The molecular weight excluding hydrogens is 415 g/mol. The molecule has 0 aliphatic heterocycles. The lowest BCUT2D eigenvalue weighted by Gasteiger charge is -2.13. The van der Waals surface area contributed by atoms with Gasteiger partial charge >= 0.3 is 6.18 Å². The highest BCUT2D eigenvalue weighted by molar-refractivity contribution is 7.93. The first kappa shape index (κ1) is 21.7. The van der Waals surface area contributed by atoms with Crippen molar-refractivity contribution in [2.45, 2.75) is 38.7 Å². The molecule has 0 radical (unpaired) electrons. The molecular formula is C21H20F3N3O2S. The Labute approximate surface area is 172 Å². The summed E-state index contributed by atoms with van der Waals surface area (Å²) in [6, 6.07) is 11.9. The van der Waals surface area contributed by atoms with E-state index in [4.69, 9.17) is 0 Å². The maximum atomic E-state index is 13.2. The summed E-state index contributed by atoms with van der Waals surface area (Å²) in [6.45, 7) is 5.27. The fourth-order valence-corrected chi connectivity index (χ4v) is 3.95. The van der Waals surface area contributed by atoms with Crippen molar-refractivity contribution in [3.8, 4) is 17.3 Å². The van der Waals surface area contributed by atoms with Crippen molar-refractivity contribution in [1.82, 2.24) is 4.57 Å². The van der Waals surface area contributed by atoms with Crippen LogP contribution < -0.4 is 4.72 Å². The van der Waals surface area contributed by atoms with Crippen molar-refractivity contribution in [2.75, 3.05) is 4.72 Å². The molecule has 1 aromatic heterocycles. The van der Waals surface area contributed by atoms with E-state index in [2.05, 4.69) is 10.8 Å². The summed E-state index contributed by atoms with van der Waals surface area (Å²) in [6.07, 6.45) is -4.49. The van der Waals surface area contributed by atoms with E-state index in [1.807, 2.05) is 0 Å². The summed E-state index contributed by atoms with van der Waals surface area (Å²) in [4.78, 5) is 0. The molecule has 1 N–H and O–H groups in total. The summed E-state index contributed by atoms with van der Waals surface area (Å²) in [5.74, 6) is 0. The van der Waals surface area contributed by atoms with Crippen LogP contribution in [0.3, 0.4) is 0 Å². The van der Waals surface area contributed by atoms with E-state index in [1.54, 1.807) is 49.6 Å². The van der Waals surface area contributed by atoms with Crippen LogP contribution in [0.4, 0.5) is 18.9 Å². The van der Waals surface area contributed by atoms with Crippen LogP contribution in [0.1, 0.15) is 31.9 Å². The average Bonchev–Trinajstić information content (AvgIpc) is 3.00. The van der Waals surface area contributed by atoms with Crippen molar-refractivity contribution in [1.29, 1.82) is 5.26 Å². The van der Waals surface area contributed by atoms with Crippen molar-refractivity contribution in [3.05, 3.63) is 53.6 Å². The fraction of sp³-hybridized carbons (Fsp3) is 0.286. The van der Waals surface area contributed by atoms with E-state index < -0.39 is 27.0 Å². The maximum Gasteiger partial charge on any atom is 0.416 e. The molecule has 0 spiro atoms. The Morgan fingerprint density at radius 3 is 2.27 bits per heavy atom. The number of hydrogen-bond donors (Lipinski definition) is 1. The van der Waals surface area contributed by atoms with Gasteiger partial charge in [0.1, 0.15) is 6.07 Å². The first-order valence-electron chi connectivity index (χ1n) is 9.25. The van der Waals surface area contributed by atoms with Crippen molar-refractivity contribution in [2.24, 2.45) is 0 Å². The second-order valence-electron chi connectivity index (χ2n) is 7.08. The molecule has 0 aliphatic rings. The Balaban J connectivity index is 2.15. The van der Waals surface area contributed by atoms with Gasteiger partial charge in [-0.15, -0.1) is 0 Å². The van der Waals surface area contributed by atoms with E-state index in [1.165, 1.54) is 6.07 Å². The van der Waals surface area contributed by atoms with Gasteiger partial charge in [0.2, 0.25) is 10.0 Å². The van der Waals surface area contributed by atoms with Gasteiger partial charge in [-0.1, -0.05) is 18.2 Å². The largest absolute Gasteiger partial charge is 0.416 e. The maximum absolute atomic E-state index is 13.2. The number of aromatic nitrogens is 1. The minimum Gasteiger partial charge on any atom is -0.340 e. The van der Waals surface area contributed by atoms with E-state index in [0.717, 1.165) is 12.1 Å². The predicted octanol–water partition coefficient (Wildman–Crippen LogP) is 5.37. The predicted molar refractivity (Wildman–Crippen MR) is 110 cm³/mol. The molecule has 0 bridgehead atoms. The SMILES string of the molecule is CCn1c(-c2ccc(NS(=O)(=O)C(C)C)cc2)c(C#N)c2ccc(C(F)(F)F)cc21. The van der Waals surface area contributed by atoms with Gasteiger partial charge in [-0.2, -0.15) is 18.4 Å². The number of halogens is 3. The number of alkyl halides is 3. The van der Waals surface area contributed by atoms with Crippen LogP contribution in [0, 0.1) is 11.3 Å². The molecule has 1 heterocycles. The Hall–Kier alpha value is -2.99. The van der Waals surface area contributed by atoms with Gasteiger partial charge in [0.25, 0.3) is 0 Å². The van der Waals surface area contributed by atoms with Crippen molar-refractivity contribution in [3.63, 3.8) is 0 Å². The first-order valence-corrected chi connectivity index (χ1v) is 10.8. The number of nitrogens with zero attached hydrogens (tertiary/aromatic N) is 2. The summed E-state index contributed by atoms with van der Waals surface area (Å²) in [5.41, 5.74) is 1.28. The Morgan fingerprint density at radius 1 is 1.13 bits per heavy atom. The van der Waals surface area contributed by atoms with Gasteiger partial charge in [-0.25, -0.2) is 8.42 Å². The third-order valence-corrected chi connectivity index (χ3v) is 6.62. The van der Waals surface area contributed by atoms with Gasteiger partial charge < -0.3 is 4.57 Å². The zero-order chi connectivity index (χ0) is 22.3. The summed E-state index contributed by atoms with van der Waals surface area (Å²) in [5, 5.41) is 9.54. The van der Waals surface area contributed by atoms with Crippen LogP contribution in [0.15, 0.2) is 42.5 Å². The highest BCUT2D eigenvalue weighted by atomic mass is 32.2. The van der Waals surface area contributed by atoms with E-state index in [-0.39, 0.29) is 5.56 Å². The highest BCUT2D eigenvalue weighted by Crippen LogP contribution is 2.37. The van der Waals surface area contributed by atoms with Crippen molar-refractivity contribution < 1.29 is 21.6 Å². The van der Waals surface area contributed by atoms with Gasteiger partial charge in [0.15, 0.2) is 0 Å². The van der Waals surface area contributed by atoms with Crippen LogP contribution in [0.2, 0.25) is 0 Å². The molecule has 0 amide bonds. The quantitative estimate of drug-likeness (QED) is 0.586. The number of nitriles is 1. The van der Waals surface area contributed by atoms with Crippen LogP contribution in [-0.2, 0) is 22.7 Å². The molecule has 2 aromatic carbocycles. The molecule has 3 rings (SSSR count). The second kappa shape index (κ2) is 7.69. The minimum absolute atomic E-state index is 0.274. The number of rotatable bonds is 5. The summed E-state index contributed by atoms with van der Waals surface area (Å²) >= 11 is 0. The van der Waals surface area contributed by atoms with Gasteiger partial charge in [-0.05, 0) is 50.6 Å². The molecule has 0 atom stereocenters. The second-order valence-corrected chi connectivity index (χ2v) is 9.32. The fourth-order valence-electron chi connectivity index (χ4n) is 3.25. The van der Waals surface area contributed by atoms with Crippen molar-refractivity contribution >= 4 is 26.6 Å². The minimum atomic E-state index is -4.49. The Kier molecular flexibility index (Phi) is 5.56.